The van der Waals surface area contributed by atoms with Crippen molar-refractivity contribution in [2.75, 3.05) is 13.2 Å². The number of hydrogen-bond donors (Lipinski definition) is 2. The summed E-state index contributed by atoms with van der Waals surface area (Å²) in [4.78, 5) is 0.132. The van der Waals surface area contributed by atoms with E-state index in [2.05, 4.69) is 0 Å². The van der Waals surface area contributed by atoms with Gasteiger partial charge in [-0.2, -0.15) is 0 Å². The lowest BCUT2D eigenvalue weighted by molar-refractivity contribution is 0.212. The smallest absolute Gasteiger partial charge is 0.182 e. The summed E-state index contributed by atoms with van der Waals surface area (Å²) in [7, 11) is -3.71. The van der Waals surface area contributed by atoms with Crippen LogP contribution in [0.5, 0.6) is 0 Å². The lowest BCUT2D eigenvalue weighted by Gasteiger charge is -2.12. The minimum atomic E-state index is -3.71. The minimum absolute atomic E-state index is 0.0169. The van der Waals surface area contributed by atoms with Crippen molar-refractivity contribution in [1.29, 1.82) is 0 Å². The number of halogens is 2. The van der Waals surface area contributed by atoms with Crippen LogP contribution in [0.25, 0.3) is 0 Å². The Labute approximate surface area is 145 Å². The summed E-state index contributed by atoms with van der Waals surface area (Å²) in [5.74, 6) is -0.882. The molecule has 1 aliphatic rings. The second-order valence-electron chi connectivity index (χ2n) is 6.04. The highest BCUT2D eigenvalue weighted by atomic mass is 35.5. The Bertz CT molecular complexity index is 833. The molecule has 0 radical (unpaired) electrons. The van der Waals surface area contributed by atoms with Crippen molar-refractivity contribution in [2.24, 2.45) is 11.1 Å². The van der Waals surface area contributed by atoms with Crippen LogP contribution in [-0.4, -0.2) is 31.9 Å². The van der Waals surface area contributed by atoms with Gasteiger partial charge in [0.1, 0.15) is 5.82 Å². The van der Waals surface area contributed by atoms with Gasteiger partial charge in [-0.1, -0.05) is 23.7 Å². The monoisotopic (exact) mass is 369 g/mol. The predicted molar refractivity (Wildman–Crippen MR) is 90.1 cm³/mol. The zero-order valence-corrected chi connectivity index (χ0v) is 14.3. The molecule has 0 bridgehead atoms. The van der Waals surface area contributed by atoms with E-state index >= 15 is 0 Å². The van der Waals surface area contributed by atoms with Crippen LogP contribution in [0.1, 0.15) is 11.5 Å². The molecular weight excluding hydrogens is 353 g/mol. The number of hydrogen-bond acceptors (Lipinski definition) is 4. The van der Waals surface area contributed by atoms with Gasteiger partial charge in [0.2, 0.25) is 0 Å². The van der Waals surface area contributed by atoms with Crippen LogP contribution in [0.4, 0.5) is 4.39 Å². The van der Waals surface area contributed by atoms with Gasteiger partial charge in [-0.15, -0.1) is 0 Å². The highest BCUT2D eigenvalue weighted by molar-refractivity contribution is 7.92. The Kier molecular flexibility index (Phi) is 4.42. The lowest BCUT2D eigenvalue weighted by atomic mass is 10.0. The molecule has 2 aromatic rings. The molecule has 2 aromatic carbocycles. The standard InChI is InChI=1S/C17H17ClFNO3S/c18-12-3-7-14(8-4-12)24(22,23)16-15(17(16,9-20)10-21)11-1-5-13(19)6-2-11/h1-8,15-16,21H,9-10,20H2/t15-,16-,17-/m0/s1. The van der Waals surface area contributed by atoms with E-state index in [4.69, 9.17) is 17.3 Å². The number of aliphatic hydroxyl groups excluding tert-OH is 1. The first-order valence-electron chi connectivity index (χ1n) is 7.42. The second-order valence-corrected chi connectivity index (χ2v) is 8.55. The maximum absolute atomic E-state index is 13.2. The summed E-state index contributed by atoms with van der Waals surface area (Å²) in [6, 6.07) is 11.5. The molecule has 0 unspecified atom stereocenters. The number of aliphatic hydroxyl groups is 1. The van der Waals surface area contributed by atoms with Gasteiger partial charge < -0.3 is 10.8 Å². The van der Waals surface area contributed by atoms with Gasteiger partial charge in [-0.25, -0.2) is 12.8 Å². The number of sulfone groups is 1. The van der Waals surface area contributed by atoms with Gasteiger partial charge in [0, 0.05) is 22.9 Å². The van der Waals surface area contributed by atoms with Crippen molar-refractivity contribution in [3.8, 4) is 0 Å². The summed E-state index contributed by atoms with van der Waals surface area (Å²) in [5, 5.41) is 9.41. The molecule has 3 rings (SSSR count). The molecule has 1 saturated carbocycles. The molecule has 1 fully saturated rings. The zero-order chi connectivity index (χ0) is 17.5. The van der Waals surface area contributed by atoms with Gasteiger partial charge in [-0.05, 0) is 42.0 Å². The number of rotatable bonds is 5. The number of nitrogens with two attached hydrogens (primary N) is 1. The fraction of sp³-hybridized carbons (Fsp3) is 0.294. The van der Waals surface area contributed by atoms with E-state index in [1.807, 2.05) is 0 Å². The van der Waals surface area contributed by atoms with E-state index in [9.17, 15) is 17.9 Å². The minimum Gasteiger partial charge on any atom is -0.396 e. The van der Waals surface area contributed by atoms with Crippen LogP contribution in [0.2, 0.25) is 5.02 Å². The van der Waals surface area contributed by atoms with E-state index < -0.39 is 32.2 Å². The molecular formula is C17H17ClFNO3S. The number of benzene rings is 2. The van der Waals surface area contributed by atoms with Crippen molar-refractivity contribution in [3.05, 3.63) is 64.9 Å². The Morgan fingerprint density at radius 3 is 2.21 bits per heavy atom. The molecule has 3 N–H and O–H groups in total. The summed E-state index contributed by atoms with van der Waals surface area (Å²) in [6.45, 7) is -0.341. The van der Waals surface area contributed by atoms with Gasteiger partial charge >= 0.3 is 0 Å². The van der Waals surface area contributed by atoms with Crippen molar-refractivity contribution in [3.63, 3.8) is 0 Å². The molecule has 4 nitrogen and oxygen atoms in total. The Morgan fingerprint density at radius 2 is 1.71 bits per heavy atom. The van der Waals surface area contributed by atoms with Crippen molar-refractivity contribution in [2.45, 2.75) is 16.1 Å². The van der Waals surface area contributed by atoms with Crippen LogP contribution in [0.15, 0.2) is 53.4 Å². The van der Waals surface area contributed by atoms with Crippen LogP contribution in [0.3, 0.4) is 0 Å². The lowest BCUT2D eigenvalue weighted by Crippen LogP contribution is -2.27. The second kappa shape index (κ2) is 6.11. The Balaban J connectivity index is 2.04. The van der Waals surface area contributed by atoms with E-state index in [0.717, 1.165) is 0 Å². The average molecular weight is 370 g/mol. The molecule has 0 aliphatic heterocycles. The first-order valence-corrected chi connectivity index (χ1v) is 9.35. The fourth-order valence-electron chi connectivity index (χ4n) is 3.39. The van der Waals surface area contributed by atoms with E-state index in [-0.39, 0.29) is 18.0 Å². The van der Waals surface area contributed by atoms with Crippen LogP contribution in [-0.2, 0) is 9.84 Å². The van der Waals surface area contributed by atoms with Crippen molar-refractivity contribution >= 4 is 21.4 Å². The summed E-state index contributed by atoms with van der Waals surface area (Å²) < 4.78 is 39.2. The molecule has 0 saturated heterocycles. The maximum atomic E-state index is 13.2. The SMILES string of the molecule is NC[C@]1(CO)[C@@H](c2ccc(F)cc2)[C@@H]1S(=O)(=O)c1ccc(Cl)cc1. The molecule has 24 heavy (non-hydrogen) atoms. The molecule has 0 heterocycles. The van der Waals surface area contributed by atoms with E-state index in [1.165, 1.54) is 48.5 Å². The van der Waals surface area contributed by atoms with Gasteiger partial charge in [-0.3, -0.25) is 0 Å². The van der Waals surface area contributed by atoms with Crippen LogP contribution < -0.4 is 5.73 Å². The van der Waals surface area contributed by atoms with E-state index in [0.29, 0.717) is 10.6 Å². The summed E-state index contributed by atoms with van der Waals surface area (Å²) in [6.07, 6.45) is 0. The van der Waals surface area contributed by atoms with Gasteiger partial charge in [0.05, 0.1) is 16.8 Å². The first-order chi connectivity index (χ1) is 11.4. The average Bonchev–Trinajstić information content (AvgIpc) is 3.26. The Hall–Kier alpha value is -1.47. The van der Waals surface area contributed by atoms with Crippen molar-refractivity contribution < 1.29 is 17.9 Å². The molecule has 0 amide bonds. The quantitative estimate of drug-likeness (QED) is 0.847. The van der Waals surface area contributed by atoms with Crippen LogP contribution >= 0.6 is 11.6 Å². The molecule has 128 valence electrons. The molecule has 1 aliphatic carbocycles. The molecule has 0 aromatic heterocycles. The summed E-state index contributed by atoms with van der Waals surface area (Å²) >= 11 is 5.82. The zero-order valence-electron chi connectivity index (χ0n) is 12.7. The molecule has 0 spiro atoms. The normalized spacial score (nSPS) is 26.3. The third-order valence-electron chi connectivity index (χ3n) is 4.76. The highest BCUT2D eigenvalue weighted by Gasteiger charge is 2.70. The Morgan fingerprint density at radius 1 is 1.12 bits per heavy atom. The third-order valence-corrected chi connectivity index (χ3v) is 7.35. The predicted octanol–water partition coefficient (Wildman–Crippen LogP) is 2.36. The van der Waals surface area contributed by atoms with E-state index in [1.54, 1.807) is 0 Å². The largest absolute Gasteiger partial charge is 0.396 e. The topological polar surface area (TPSA) is 80.4 Å². The summed E-state index contributed by atoms with van der Waals surface area (Å²) in [5.41, 5.74) is 5.50. The molecule has 7 heteroatoms. The third kappa shape index (κ3) is 2.63. The van der Waals surface area contributed by atoms with Gasteiger partial charge in [0.15, 0.2) is 9.84 Å². The first kappa shape index (κ1) is 17.4. The molecule has 3 atom stereocenters. The fourth-order valence-corrected chi connectivity index (χ4v) is 5.96. The van der Waals surface area contributed by atoms with Crippen LogP contribution in [0, 0.1) is 11.2 Å². The van der Waals surface area contributed by atoms with Crippen molar-refractivity contribution in [1.82, 2.24) is 0 Å². The highest BCUT2D eigenvalue weighted by Crippen LogP contribution is 2.63. The van der Waals surface area contributed by atoms with Gasteiger partial charge in [0.25, 0.3) is 0 Å². The maximum Gasteiger partial charge on any atom is 0.182 e.